The van der Waals surface area contributed by atoms with Crippen LogP contribution in [0.4, 0.5) is 49.6 Å². The highest BCUT2D eigenvalue weighted by molar-refractivity contribution is 7.80. The second-order valence-electron chi connectivity index (χ2n) is 4.38. The Balaban J connectivity index is 3.25. The average Bonchev–Trinajstić information content (AvgIpc) is 2.37. The zero-order chi connectivity index (χ0) is 20.6. The van der Waals surface area contributed by atoms with Gasteiger partial charge in [0.05, 0.1) is 5.69 Å². The van der Waals surface area contributed by atoms with Crippen LogP contribution in [0.3, 0.4) is 0 Å². The molecule has 0 atom stereocenters. The Morgan fingerprint density at radius 2 is 1.31 bits per heavy atom. The molecule has 0 fully saturated rings. The van der Waals surface area contributed by atoms with Gasteiger partial charge >= 0.3 is 24.6 Å². The molecule has 1 aromatic rings. The molecule has 0 radical (unpaired) electrons. The van der Waals surface area contributed by atoms with Gasteiger partial charge in [-0.25, -0.2) is 0 Å². The third-order valence-electron chi connectivity index (χ3n) is 2.35. The number of halogens is 10. The molecule has 0 saturated carbocycles. The van der Waals surface area contributed by atoms with E-state index in [1.165, 1.54) is 0 Å². The summed E-state index contributed by atoms with van der Waals surface area (Å²) in [7, 11) is 0. The van der Waals surface area contributed by atoms with E-state index in [4.69, 9.17) is 5.73 Å². The molecule has 0 aliphatic rings. The molecular weight excluding hydrogens is 414 g/mol. The normalized spacial score (nSPS) is 13.3. The van der Waals surface area contributed by atoms with Gasteiger partial charge in [0.2, 0.25) is 0 Å². The summed E-state index contributed by atoms with van der Waals surface area (Å²) in [5.74, 6) is -2.56. The van der Waals surface area contributed by atoms with Crippen molar-refractivity contribution in [2.75, 3.05) is 5.32 Å². The van der Waals surface area contributed by atoms with E-state index in [1.54, 1.807) is 5.32 Å². The molecule has 0 unspecified atom stereocenters. The van der Waals surface area contributed by atoms with E-state index in [-0.39, 0.29) is 18.2 Å². The Labute approximate surface area is 142 Å². The molecule has 0 amide bonds. The zero-order valence-corrected chi connectivity index (χ0v) is 12.6. The van der Waals surface area contributed by atoms with Crippen LogP contribution in [-0.2, 0) is 0 Å². The van der Waals surface area contributed by atoms with E-state index < -0.39 is 46.9 Å². The first-order valence-electron chi connectivity index (χ1n) is 5.94. The lowest BCUT2D eigenvalue weighted by Crippen LogP contribution is -2.42. The third-order valence-corrected chi connectivity index (χ3v) is 2.46. The smallest absolute Gasteiger partial charge is 0.426 e. The second-order valence-corrected chi connectivity index (χ2v) is 4.82. The molecule has 15 heteroatoms. The number of nitrogens with two attached hydrogens (primary N) is 1. The Bertz CT molecular complexity index is 674. The van der Waals surface area contributed by atoms with Crippen molar-refractivity contribution in [1.82, 2.24) is 0 Å². The lowest BCUT2D eigenvalue weighted by atomic mass is 10.2. The molecule has 1 aromatic carbocycles. The minimum Gasteiger partial charge on any atom is -0.426 e. The Hall–Kier alpha value is -2.19. The molecule has 0 bridgehead atoms. The quantitative estimate of drug-likeness (QED) is 0.546. The van der Waals surface area contributed by atoms with E-state index in [9.17, 15) is 43.9 Å². The maximum atomic E-state index is 12.9. The summed E-state index contributed by atoms with van der Waals surface area (Å²) in [6.07, 6.45) is -23.7. The molecule has 0 heterocycles. The van der Waals surface area contributed by atoms with Crippen molar-refractivity contribution < 1.29 is 53.4 Å². The molecule has 0 aliphatic heterocycles. The number of hydrogen-bond donors (Lipinski definition) is 2. The fraction of sp³-hybridized carbons (Fsp3) is 0.364. The number of hydrogen-bond acceptors (Lipinski definition) is 3. The van der Waals surface area contributed by atoms with Crippen molar-refractivity contribution in [3.8, 4) is 11.5 Å². The van der Waals surface area contributed by atoms with Gasteiger partial charge in [0.15, 0.2) is 10.9 Å². The highest BCUT2D eigenvalue weighted by atomic mass is 32.1. The van der Waals surface area contributed by atoms with Crippen LogP contribution in [-0.4, -0.2) is 29.7 Å². The standard InChI is InChI=1S/C11H6F10N2O2S/c12-8(13,14)10(18,19)24-4-1-2-6(5(3-4)23-7(22)26)25-11(20,21)9(15,16)17/h1-3H,(H3,22,23,26). The number of anilines is 1. The van der Waals surface area contributed by atoms with Crippen LogP contribution in [0.5, 0.6) is 11.5 Å². The summed E-state index contributed by atoms with van der Waals surface area (Å²) in [4.78, 5) is 0. The van der Waals surface area contributed by atoms with Crippen molar-refractivity contribution in [2.45, 2.75) is 24.6 Å². The highest BCUT2D eigenvalue weighted by Gasteiger charge is 2.62. The van der Waals surface area contributed by atoms with E-state index in [2.05, 4.69) is 21.7 Å². The van der Waals surface area contributed by atoms with E-state index in [0.29, 0.717) is 0 Å². The van der Waals surface area contributed by atoms with Crippen LogP contribution >= 0.6 is 12.2 Å². The second kappa shape index (κ2) is 6.85. The summed E-state index contributed by atoms with van der Waals surface area (Å²) in [5.41, 5.74) is 4.00. The predicted molar refractivity (Wildman–Crippen MR) is 70.1 cm³/mol. The SMILES string of the molecule is NC(=S)Nc1cc(OC(F)(F)C(F)(F)F)ccc1OC(F)(F)C(F)(F)F. The number of benzene rings is 1. The molecule has 3 N–H and O–H groups in total. The lowest BCUT2D eigenvalue weighted by Gasteiger charge is -2.23. The molecule has 0 aliphatic carbocycles. The van der Waals surface area contributed by atoms with Gasteiger partial charge in [0, 0.05) is 6.07 Å². The molecule has 4 nitrogen and oxygen atoms in total. The van der Waals surface area contributed by atoms with Crippen LogP contribution < -0.4 is 20.5 Å². The van der Waals surface area contributed by atoms with Gasteiger partial charge in [-0.05, 0) is 24.4 Å². The van der Waals surface area contributed by atoms with Gasteiger partial charge in [-0.1, -0.05) is 0 Å². The van der Waals surface area contributed by atoms with Crippen LogP contribution in [0, 0.1) is 0 Å². The maximum Gasteiger partial charge on any atom is 0.499 e. The molecule has 0 spiro atoms. The third kappa shape index (κ3) is 5.15. The number of thiocarbonyl (C=S) groups is 1. The summed E-state index contributed by atoms with van der Waals surface area (Å²) in [6, 6.07) is 0.675. The number of alkyl halides is 10. The summed E-state index contributed by atoms with van der Waals surface area (Å²) in [6.45, 7) is 0. The van der Waals surface area contributed by atoms with Gasteiger partial charge in [0.25, 0.3) is 0 Å². The van der Waals surface area contributed by atoms with Crippen molar-refractivity contribution in [2.24, 2.45) is 5.73 Å². The largest absolute Gasteiger partial charge is 0.499 e. The van der Waals surface area contributed by atoms with Crippen LogP contribution in [0.25, 0.3) is 0 Å². The number of rotatable bonds is 5. The van der Waals surface area contributed by atoms with Crippen molar-refractivity contribution in [3.05, 3.63) is 18.2 Å². The van der Waals surface area contributed by atoms with Gasteiger partial charge in [0.1, 0.15) is 5.75 Å². The summed E-state index contributed by atoms with van der Waals surface area (Å²) in [5, 5.41) is 1.04. The molecular formula is C11H6F10N2O2S. The summed E-state index contributed by atoms with van der Waals surface area (Å²) >= 11 is 4.30. The van der Waals surface area contributed by atoms with Gasteiger partial charge in [-0.3, -0.25) is 0 Å². The average molecular weight is 420 g/mol. The fourth-order valence-corrected chi connectivity index (χ4v) is 1.40. The van der Waals surface area contributed by atoms with Gasteiger partial charge in [-0.15, -0.1) is 0 Å². The Kier molecular flexibility index (Phi) is 5.75. The Morgan fingerprint density at radius 1 is 0.846 bits per heavy atom. The van der Waals surface area contributed by atoms with E-state index >= 15 is 0 Å². The number of ether oxygens (including phenoxy) is 2. The van der Waals surface area contributed by atoms with Crippen molar-refractivity contribution in [3.63, 3.8) is 0 Å². The van der Waals surface area contributed by atoms with Crippen LogP contribution in [0.2, 0.25) is 0 Å². The van der Waals surface area contributed by atoms with Crippen molar-refractivity contribution >= 4 is 23.0 Å². The van der Waals surface area contributed by atoms with E-state index in [1.807, 2.05) is 0 Å². The zero-order valence-electron chi connectivity index (χ0n) is 11.8. The molecule has 0 saturated heterocycles. The monoisotopic (exact) mass is 420 g/mol. The first-order valence-corrected chi connectivity index (χ1v) is 6.35. The fourth-order valence-electron chi connectivity index (χ4n) is 1.29. The van der Waals surface area contributed by atoms with E-state index in [0.717, 1.165) is 0 Å². The number of nitrogens with one attached hydrogen (secondary N) is 1. The van der Waals surface area contributed by atoms with Gasteiger partial charge < -0.3 is 20.5 Å². The maximum absolute atomic E-state index is 12.9. The first kappa shape index (κ1) is 21.9. The minimum absolute atomic E-state index is 0.209. The topological polar surface area (TPSA) is 56.5 Å². The molecule has 26 heavy (non-hydrogen) atoms. The molecule has 1 rings (SSSR count). The van der Waals surface area contributed by atoms with Gasteiger partial charge in [-0.2, -0.15) is 43.9 Å². The highest BCUT2D eigenvalue weighted by Crippen LogP contribution is 2.42. The van der Waals surface area contributed by atoms with Crippen molar-refractivity contribution in [1.29, 1.82) is 0 Å². The van der Waals surface area contributed by atoms with Crippen LogP contribution in [0.1, 0.15) is 0 Å². The minimum atomic E-state index is -6.15. The predicted octanol–water partition coefficient (Wildman–Crippen LogP) is 4.41. The lowest BCUT2D eigenvalue weighted by molar-refractivity contribution is -0.361. The molecule has 0 aromatic heterocycles. The Morgan fingerprint density at radius 3 is 1.73 bits per heavy atom. The summed E-state index contributed by atoms with van der Waals surface area (Å²) < 4.78 is 131. The molecule has 148 valence electrons. The first-order chi connectivity index (χ1) is 11.5. The van der Waals surface area contributed by atoms with Crippen LogP contribution in [0.15, 0.2) is 18.2 Å².